The Morgan fingerprint density at radius 3 is 2.67 bits per heavy atom. The van der Waals surface area contributed by atoms with Crippen LogP contribution >= 0.6 is 11.6 Å². The fraction of sp³-hybridized carbons (Fsp3) is 0.533. The van der Waals surface area contributed by atoms with Crippen LogP contribution in [-0.4, -0.2) is 23.2 Å². The molecule has 0 fully saturated rings. The van der Waals surface area contributed by atoms with Crippen molar-refractivity contribution in [3.8, 4) is 0 Å². The molecule has 1 aromatic rings. The summed E-state index contributed by atoms with van der Waals surface area (Å²) in [5.74, 6) is 0.109. The molecule has 0 atom stereocenters. The molecule has 0 aliphatic carbocycles. The van der Waals surface area contributed by atoms with Crippen molar-refractivity contribution < 1.29 is 4.79 Å². The van der Waals surface area contributed by atoms with Crippen LogP contribution in [0.15, 0.2) is 18.2 Å². The summed E-state index contributed by atoms with van der Waals surface area (Å²) >= 11 is 5.61. The van der Waals surface area contributed by atoms with Gasteiger partial charge in [-0.2, -0.15) is 0 Å². The summed E-state index contributed by atoms with van der Waals surface area (Å²) in [5.41, 5.74) is 4.17. The van der Waals surface area contributed by atoms with E-state index in [1.54, 1.807) is 0 Å². The first kappa shape index (κ1) is 13.4. The van der Waals surface area contributed by atoms with Crippen molar-refractivity contribution in [2.75, 3.05) is 12.4 Å². The van der Waals surface area contributed by atoms with Gasteiger partial charge in [0, 0.05) is 13.1 Å². The van der Waals surface area contributed by atoms with E-state index >= 15 is 0 Å². The molecule has 0 unspecified atom stereocenters. The Hall–Kier alpha value is -1.02. The number of benzene rings is 1. The number of carbonyl (C=O) groups excluding carboxylic acids is 1. The van der Waals surface area contributed by atoms with Crippen LogP contribution in [0.2, 0.25) is 0 Å². The molecule has 0 saturated carbocycles. The molecule has 1 amide bonds. The maximum atomic E-state index is 11.6. The van der Waals surface area contributed by atoms with Crippen LogP contribution in [0.4, 0.5) is 0 Å². The molecule has 18 heavy (non-hydrogen) atoms. The third kappa shape index (κ3) is 2.69. The van der Waals surface area contributed by atoms with E-state index in [0.29, 0.717) is 6.54 Å². The highest BCUT2D eigenvalue weighted by Gasteiger charge is 2.22. The Bertz CT molecular complexity index is 462. The van der Waals surface area contributed by atoms with Crippen LogP contribution in [0.3, 0.4) is 0 Å². The molecule has 2 rings (SSSR count). The van der Waals surface area contributed by atoms with E-state index in [4.69, 9.17) is 11.6 Å². The number of hydrogen-bond donors (Lipinski definition) is 0. The van der Waals surface area contributed by atoms with E-state index in [1.807, 2.05) is 4.90 Å². The molecule has 0 radical (unpaired) electrons. The summed E-state index contributed by atoms with van der Waals surface area (Å²) < 4.78 is 0. The average molecular weight is 266 g/mol. The van der Waals surface area contributed by atoms with Gasteiger partial charge in [0.05, 0.1) is 0 Å². The fourth-order valence-electron chi connectivity index (χ4n) is 2.32. The molecule has 1 heterocycles. The van der Waals surface area contributed by atoms with Gasteiger partial charge in [-0.25, -0.2) is 0 Å². The Morgan fingerprint density at radius 1 is 1.33 bits per heavy atom. The Balaban J connectivity index is 2.24. The van der Waals surface area contributed by atoms with Gasteiger partial charge in [-0.3, -0.25) is 4.79 Å². The lowest BCUT2D eigenvalue weighted by atomic mass is 9.84. The number of rotatable bonds is 1. The average Bonchev–Trinajstić information content (AvgIpc) is 2.35. The highest BCUT2D eigenvalue weighted by molar-refractivity contribution is 6.27. The van der Waals surface area contributed by atoms with Crippen LogP contribution in [0.25, 0.3) is 0 Å². The minimum Gasteiger partial charge on any atom is -0.337 e. The summed E-state index contributed by atoms with van der Waals surface area (Å²) in [6, 6.07) is 6.62. The molecule has 98 valence electrons. The summed E-state index contributed by atoms with van der Waals surface area (Å²) in [5, 5.41) is 0. The largest absolute Gasteiger partial charge is 0.337 e. The molecule has 0 saturated heterocycles. The molecule has 1 aromatic carbocycles. The number of halogens is 1. The summed E-state index contributed by atoms with van der Waals surface area (Å²) in [7, 11) is 0. The summed E-state index contributed by atoms with van der Waals surface area (Å²) in [6.45, 7) is 8.15. The monoisotopic (exact) mass is 265 g/mol. The molecule has 1 aliphatic rings. The zero-order valence-electron chi connectivity index (χ0n) is 11.3. The van der Waals surface area contributed by atoms with Crippen molar-refractivity contribution in [3.05, 3.63) is 34.9 Å². The SMILES string of the molecule is CC(C)(C)c1ccc2c(c1)CCN(C(=O)CCl)C2. The third-order valence-electron chi connectivity index (χ3n) is 3.55. The van der Waals surface area contributed by atoms with Gasteiger partial charge in [0.2, 0.25) is 5.91 Å². The second kappa shape index (κ2) is 4.93. The minimum absolute atomic E-state index is 0.0298. The van der Waals surface area contributed by atoms with Crippen molar-refractivity contribution >= 4 is 17.5 Å². The van der Waals surface area contributed by atoms with Gasteiger partial charge in [-0.15, -0.1) is 11.6 Å². The van der Waals surface area contributed by atoms with Crippen LogP contribution < -0.4 is 0 Å². The second-order valence-electron chi connectivity index (χ2n) is 5.93. The van der Waals surface area contributed by atoms with Crippen molar-refractivity contribution in [1.82, 2.24) is 4.90 Å². The first-order valence-corrected chi connectivity index (χ1v) is 6.91. The highest BCUT2D eigenvalue weighted by Crippen LogP contribution is 2.27. The van der Waals surface area contributed by atoms with E-state index in [-0.39, 0.29) is 17.2 Å². The third-order valence-corrected chi connectivity index (χ3v) is 3.78. The van der Waals surface area contributed by atoms with Gasteiger partial charge in [-0.1, -0.05) is 39.0 Å². The van der Waals surface area contributed by atoms with Crippen LogP contribution in [0.5, 0.6) is 0 Å². The maximum absolute atomic E-state index is 11.6. The maximum Gasteiger partial charge on any atom is 0.237 e. The lowest BCUT2D eigenvalue weighted by molar-refractivity contribution is -0.129. The molecule has 0 N–H and O–H groups in total. The number of carbonyl (C=O) groups is 1. The van der Waals surface area contributed by atoms with E-state index in [9.17, 15) is 4.79 Å². The van der Waals surface area contributed by atoms with Gasteiger partial charge >= 0.3 is 0 Å². The van der Waals surface area contributed by atoms with E-state index in [2.05, 4.69) is 39.0 Å². The van der Waals surface area contributed by atoms with Crippen molar-refractivity contribution in [2.45, 2.75) is 39.2 Å². The topological polar surface area (TPSA) is 20.3 Å². The van der Waals surface area contributed by atoms with Crippen LogP contribution in [-0.2, 0) is 23.2 Å². The van der Waals surface area contributed by atoms with E-state index in [0.717, 1.165) is 13.0 Å². The smallest absolute Gasteiger partial charge is 0.237 e. The fourth-order valence-corrected chi connectivity index (χ4v) is 2.49. The zero-order chi connectivity index (χ0) is 13.3. The van der Waals surface area contributed by atoms with Crippen LogP contribution in [0.1, 0.15) is 37.5 Å². The molecular formula is C15H20ClNO. The molecule has 3 heteroatoms. The number of alkyl halides is 1. The summed E-state index contributed by atoms with van der Waals surface area (Å²) in [4.78, 5) is 13.4. The van der Waals surface area contributed by atoms with Gasteiger partial charge in [0.1, 0.15) is 5.88 Å². The molecule has 0 spiro atoms. The van der Waals surface area contributed by atoms with Crippen LogP contribution in [0, 0.1) is 0 Å². The van der Waals surface area contributed by atoms with Gasteiger partial charge in [-0.05, 0) is 28.5 Å². The standard InChI is InChI=1S/C15H20ClNO/c1-15(2,3)13-5-4-12-10-17(14(18)9-16)7-6-11(12)8-13/h4-5,8H,6-7,9-10H2,1-3H3. The number of hydrogen-bond acceptors (Lipinski definition) is 1. The summed E-state index contributed by atoms with van der Waals surface area (Å²) in [6.07, 6.45) is 0.932. The van der Waals surface area contributed by atoms with Crippen molar-refractivity contribution in [3.63, 3.8) is 0 Å². The predicted octanol–water partition coefficient (Wildman–Crippen LogP) is 3.11. The quantitative estimate of drug-likeness (QED) is 0.715. The van der Waals surface area contributed by atoms with E-state index < -0.39 is 0 Å². The molecule has 0 bridgehead atoms. The Kier molecular flexibility index (Phi) is 3.67. The molecule has 1 aliphatic heterocycles. The van der Waals surface area contributed by atoms with E-state index in [1.165, 1.54) is 16.7 Å². The Labute approximate surface area is 114 Å². The van der Waals surface area contributed by atoms with Gasteiger partial charge in [0.25, 0.3) is 0 Å². The molecule has 0 aromatic heterocycles. The lowest BCUT2D eigenvalue weighted by Gasteiger charge is -2.30. The normalized spacial score (nSPS) is 15.4. The minimum atomic E-state index is 0.0298. The van der Waals surface area contributed by atoms with Crippen molar-refractivity contribution in [1.29, 1.82) is 0 Å². The molecular weight excluding hydrogens is 246 g/mol. The van der Waals surface area contributed by atoms with Gasteiger partial charge < -0.3 is 4.90 Å². The molecule has 2 nitrogen and oxygen atoms in total. The first-order chi connectivity index (χ1) is 8.41. The number of nitrogens with zero attached hydrogens (tertiary/aromatic N) is 1. The number of amides is 1. The van der Waals surface area contributed by atoms with Crippen molar-refractivity contribution in [2.24, 2.45) is 0 Å². The highest BCUT2D eigenvalue weighted by atomic mass is 35.5. The predicted molar refractivity (Wildman–Crippen MR) is 75.0 cm³/mol. The first-order valence-electron chi connectivity index (χ1n) is 6.38. The van der Waals surface area contributed by atoms with Gasteiger partial charge in [0.15, 0.2) is 0 Å². The number of fused-ring (bicyclic) bond motifs is 1. The Morgan fingerprint density at radius 2 is 2.06 bits per heavy atom. The lowest BCUT2D eigenvalue weighted by Crippen LogP contribution is -2.36. The second-order valence-corrected chi connectivity index (χ2v) is 6.20. The zero-order valence-corrected chi connectivity index (χ0v) is 12.0.